The first-order valence-electron chi connectivity index (χ1n) is 23.3. The number of allylic oxidation sites excluding steroid dienone is 1. The van der Waals surface area contributed by atoms with Crippen LogP contribution < -0.4 is 21.3 Å². The molecule has 4 aliphatic rings. The van der Waals surface area contributed by atoms with Gasteiger partial charge in [-0.3, -0.25) is 19.2 Å². The van der Waals surface area contributed by atoms with Gasteiger partial charge in [-0.2, -0.15) is 0 Å². The predicted molar refractivity (Wildman–Crippen MR) is 235 cm³/mol. The number of carbonyl (C=O) groups is 4. The Kier molecular flexibility index (Phi) is 17.1. The molecule has 0 bridgehead atoms. The lowest BCUT2D eigenvalue weighted by molar-refractivity contribution is -0.131. The van der Waals surface area contributed by atoms with Crippen LogP contribution in [0.1, 0.15) is 150 Å². The molecule has 4 aliphatic carbocycles. The fraction of sp³-hybridized carbons (Fsp3) is 0.755. The summed E-state index contributed by atoms with van der Waals surface area (Å²) in [7, 11) is 0. The second-order valence-electron chi connectivity index (χ2n) is 20.1. The Labute approximate surface area is 355 Å². The third-order valence-corrected chi connectivity index (χ3v) is 15.0. The minimum atomic E-state index is -0.820. The molecule has 0 saturated heterocycles. The highest BCUT2D eigenvalue weighted by atomic mass is 16.5. The van der Waals surface area contributed by atoms with Gasteiger partial charge in [0.05, 0.1) is 19.3 Å². The second-order valence-corrected chi connectivity index (χ2v) is 20.1. The van der Waals surface area contributed by atoms with Crippen molar-refractivity contribution in [3.05, 3.63) is 41.5 Å². The first kappa shape index (κ1) is 46.8. The summed E-state index contributed by atoms with van der Waals surface area (Å²) < 4.78 is 6.41. The van der Waals surface area contributed by atoms with E-state index in [4.69, 9.17) is 4.74 Å². The Hall–Kier alpha value is -3.24. The molecule has 0 aliphatic heterocycles. The second kappa shape index (κ2) is 21.5. The number of hydrogen-bond acceptors (Lipinski definition) is 6. The lowest BCUT2D eigenvalue weighted by atomic mass is 9.47. The van der Waals surface area contributed by atoms with E-state index in [-0.39, 0.29) is 49.8 Å². The molecule has 5 N–H and O–H groups in total. The topological polar surface area (TPSA) is 146 Å². The number of ether oxygens (including phenoxy) is 1. The molecular formula is C49H78N4O6. The van der Waals surface area contributed by atoms with Gasteiger partial charge in [0.1, 0.15) is 6.04 Å². The molecule has 0 aromatic heterocycles. The number of aliphatic hydroxyl groups excluding tert-OH is 1. The van der Waals surface area contributed by atoms with Crippen molar-refractivity contribution in [2.24, 2.45) is 52.3 Å². The van der Waals surface area contributed by atoms with Crippen LogP contribution in [0.2, 0.25) is 0 Å². The Morgan fingerprint density at radius 2 is 1.58 bits per heavy atom. The zero-order valence-corrected chi connectivity index (χ0v) is 37.5. The number of nitrogens with one attached hydrogen (secondary N) is 4. The number of benzene rings is 1. The molecule has 0 spiro atoms. The van der Waals surface area contributed by atoms with Gasteiger partial charge in [-0.1, -0.05) is 91.5 Å². The summed E-state index contributed by atoms with van der Waals surface area (Å²) in [5.74, 6) is 3.70. The summed E-state index contributed by atoms with van der Waals surface area (Å²) in [5, 5.41) is 20.2. The molecule has 1 aromatic rings. The van der Waals surface area contributed by atoms with Crippen molar-refractivity contribution in [3.8, 4) is 0 Å². The van der Waals surface area contributed by atoms with Crippen LogP contribution in [0, 0.1) is 52.3 Å². The van der Waals surface area contributed by atoms with Gasteiger partial charge in [0.15, 0.2) is 0 Å². The summed E-state index contributed by atoms with van der Waals surface area (Å²) in [4.78, 5) is 50.7. The Bertz CT molecular complexity index is 1590. The Morgan fingerprint density at radius 3 is 2.29 bits per heavy atom. The summed E-state index contributed by atoms with van der Waals surface area (Å²) in [6.07, 6.45) is 18.3. The van der Waals surface area contributed by atoms with E-state index in [9.17, 15) is 24.3 Å². The molecule has 10 heteroatoms. The van der Waals surface area contributed by atoms with E-state index < -0.39 is 17.9 Å². The molecule has 330 valence electrons. The Balaban J connectivity index is 0.977. The first-order chi connectivity index (χ1) is 28.1. The van der Waals surface area contributed by atoms with Crippen molar-refractivity contribution in [2.45, 2.75) is 164 Å². The number of fused-ring (bicyclic) bond motifs is 5. The number of amides is 4. The molecule has 0 radical (unpaired) electrons. The van der Waals surface area contributed by atoms with Crippen molar-refractivity contribution in [1.82, 2.24) is 16.0 Å². The maximum absolute atomic E-state index is 12.9. The summed E-state index contributed by atoms with van der Waals surface area (Å²) in [6.45, 7) is 17.2. The van der Waals surface area contributed by atoms with Crippen LogP contribution in [-0.2, 0) is 30.5 Å². The summed E-state index contributed by atoms with van der Waals surface area (Å²) in [6, 6.07) is 5.93. The summed E-state index contributed by atoms with van der Waals surface area (Å²) >= 11 is 0. The number of hydrogen-bond donors (Lipinski definition) is 5. The standard InChI is InChI=1S/C49H78N4O6/c1-32(2)10-8-11-34(5)40-18-19-41-39-17-14-36-29-38(22-24-48(36,6)42(39)23-25-49(40,41)7)59-27-9-26-50-44(55)20-21-45(56)53-43(28-33(3)4)47(58)51-30-46(57)52-37-15-12-35(31-54)13-16-37/h12-16,32-34,38-43,54H,8-11,17-31H2,1-7H3,(H,50,55)(H,51,58)(H,52,57)(H,53,56)/t34-,38+,39+,40?,41?,42?,43+,48+,49-/m1/s1. The van der Waals surface area contributed by atoms with Crippen LogP contribution in [0.5, 0.6) is 0 Å². The van der Waals surface area contributed by atoms with Crippen molar-refractivity contribution in [1.29, 1.82) is 0 Å². The van der Waals surface area contributed by atoms with Gasteiger partial charge in [-0.05, 0) is 134 Å². The third-order valence-electron chi connectivity index (χ3n) is 15.0. The lowest BCUT2D eigenvalue weighted by Crippen LogP contribution is -2.51. The van der Waals surface area contributed by atoms with Crippen LogP contribution >= 0.6 is 0 Å². The highest BCUT2D eigenvalue weighted by Crippen LogP contribution is 2.67. The van der Waals surface area contributed by atoms with Gasteiger partial charge in [0.2, 0.25) is 23.6 Å². The molecule has 59 heavy (non-hydrogen) atoms. The summed E-state index contributed by atoms with van der Waals surface area (Å²) in [5.41, 5.74) is 3.73. The minimum Gasteiger partial charge on any atom is -0.392 e. The van der Waals surface area contributed by atoms with Gasteiger partial charge < -0.3 is 31.1 Å². The fourth-order valence-corrected chi connectivity index (χ4v) is 11.8. The molecule has 5 rings (SSSR count). The molecule has 3 unspecified atom stereocenters. The lowest BCUT2D eigenvalue weighted by Gasteiger charge is -2.58. The molecule has 9 atom stereocenters. The molecule has 1 aromatic carbocycles. The quantitative estimate of drug-likeness (QED) is 0.0622. The van der Waals surface area contributed by atoms with E-state index in [0.717, 1.165) is 53.9 Å². The maximum atomic E-state index is 12.9. The van der Waals surface area contributed by atoms with Crippen LogP contribution in [0.25, 0.3) is 0 Å². The predicted octanol–water partition coefficient (Wildman–Crippen LogP) is 8.48. The molecule has 0 heterocycles. The molecular weight excluding hydrogens is 741 g/mol. The monoisotopic (exact) mass is 819 g/mol. The van der Waals surface area contributed by atoms with Gasteiger partial charge in [0.25, 0.3) is 0 Å². The van der Waals surface area contributed by atoms with Crippen molar-refractivity contribution in [3.63, 3.8) is 0 Å². The molecule has 4 amide bonds. The molecule has 3 saturated carbocycles. The number of anilines is 1. The van der Waals surface area contributed by atoms with Crippen LogP contribution in [-0.4, -0.2) is 60.6 Å². The van der Waals surface area contributed by atoms with Crippen LogP contribution in [0.15, 0.2) is 35.9 Å². The van der Waals surface area contributed by atoms with E-state index in [0.29, 0.717) is 42.5 Å². The maximum Gasteiger partial charge on any atom is 0.243 e. The van der Waals surface area contributed by atoms with E-state index in [1.165, 1.54) is 57.8 Å². The minimum absolute atomic E-state index is 0.0235. The molecule has 3 fully saturated rings. The van der Waals surface area contributed by atoms with E-state index in [2.05, 4.69) is 62.0 Å². The Morgan fingerprint density at radius 1 is 0.831 bits per heavy atom. The average Bonchev–Trinajstić information content (AvgIpc) is 3.56. The normalized spacial score (nSPS) is 28.4. The number of aliphatic hydroxyl groups is 1. The molecule has 10 nitrogen and oxygen atoms in total. The number of carbonyl (C=O) groups excluding carboxylic acids is 4. The van der Waals surface area contributed by atoms with Gasteiger partial charge in [-0.15, -0.1) is 0 Å². The fourth-order valence-electron chi connectivity index (χ4n) is 11.8. The van der Waals surface area contributed by atoms with E-state index >= 15 is 0 Å². The largest absolute Gasteiger partial charge is 0.392 e. The SMILES string of the molecule is CC(C)CCC[C@@H](C)C1CCC2[C@@H]3CC=C4C[C@@H](OCCCNC(=O)CCC(=O)N[C@@H](CC(C)C)C(=O)NCC(=O)Nc5ccc(CO)cc5)CC[C@]4(C)C3CC[C@@]21C. The van der Waals surface area contributed by atoms with Crippen LogP contribution in [0.3, 0.4) is 0 Å². The first-order valence-corrected chi connectivity index (χ1v) is 23.3. The van der Waals surface area contributed by atoms with Crippen molar-refractivity contribution >= 4 is 29.3 Å². The zero-order chi connectivity index (χ0) is 42.7. The highest BCUT2D eigenvalue weighted by Gasteiger charge is 2.59. The van der Waals surface area contributed by atoms with Gasteiger partial charge in [-0.25, -0.2) is 0 Å². The smallest absolute Gasteiger partial charge is 0.243 e. The highest BCUT2D eigenvalue weighted by molar-refractivity contribution is 5.96. The zero-order valence-electron chi connectivity index (χ0n) is 37.5. The third kappa shape index (κ3) is 12.4. The van der Waals surface area contributed by atoms with Crippen molar-refractivity contribution < 1.29 is 29.0 Å². The average molecular weight is 819 g/mol. The van der Waals surface area contributed by atoms with Crippen LogP contribution in [0.4, 0.5) is 5.69 Å². The van der Waals surface area contributed by atoms with E-state index in [1.807, 2.05) is 13.8 Å². The van der Waals surface area contributed by atoms with Gasteiger partial charge in [0, 0.05) is 31.7 Å². The number of rotatable bonds is 21. The van der Waals surface area contributed by atoms with Gasteiger partial charge >= 0.3 is 0 Å². The van der Waals surface area contributed by atoms with E-state index in [1.54, 1.807) is 29.8 Å². The van der Waals surface area contributed by atoms with Crippen molar-refractivity contribution in [2.75, 3.05) is 25.0 Å².